The number of azo groups is 1. The van der Waals surface area contributed by atoms with Crippen molar-refractivity contribution in [3.8, 4) is 0 Å². The zero-order valence-electron chi connectivity index (χ0n) is 15.2. The fraction of sp³-hybridized carbons (Fsp3) is 0.0455. The third kappa shape index (κ3) is 3.66. The number of anilines is 1. The molecule has 4 rings (SSSR count). The molecule has 29 heavy (non-hydrogen) atoms. The largest absolute Gasteiger partial charge is 0.478 e. The van der Waals surface area contributed by atoms with Crippen molar-refractivity contribution >= 4 is 29.0 Å². The van der Waals surface area contributed by atoms with Gasteiger partial charge in [-0.25, -0.2) is 4.79 Å². The van der Waals surface area contributed by atoms with Gasteiger partial charge in [0, 0.05) is 5.56 Å². The Labute approximate surface area is 166 Å². The van der Waals surface area contributed by atoms with Crippen molar-refractivity contribution in [3.05, 3.63) is 96.1 Å². The van der Waals surface area contributed by atoms with E-state index < -0.39 is 12.0 Å². The van der Waals surface area contributed by atoms with Gasteiger partial charge in [0.25, 0.3) is 5.91 Å². The normalized spacial score (nSPS) is 16.3. The van der Waals surface area contributed by atoms with Gasteiger partial charge in [0.1, 0.15) is 5.71 Å². The van der Waals surface area contributed by atoms with Crippen LogP contribution in [0.2, 0.25) is 0 Å². The summed E-state index contributed by atoms with van der Waals surface area (Å²) in [6.07, 6.45) is 0. The molecule has 7 heteroatoms. The predicted octanol–water partition coefficient (Wildman–Crippen LogP) is 4.29. The number of carbonyl (C=O) groups excluding carboxylic acids is 1. The fourth-order valence-electron chi connectivity index (χ4n) is 2.99. The smallest absolute Gasteiger partial charge is 0.337 e. The number of carboxylic acids is 1. The molecular formula is C22H16N4O3. The minimum atomic E-state index is -1.11. The molecule has 7 nitrogen and oxygen atoms in total. The molecule has 142 valence electrons. The number of rotatable bonds is 5. The van der Waals surface area contributed by atoms with Crippen molar-refractivity contribution in [1.82, 2.24) is 0 Å². The molecule has 1 amide bonds. The maximum atomic E-state index is 13.1. The Balaban J connectivity index is 1.74. The molecule has 3 aromatic carbocycles. The third-order valence-electron chi connectivity index (χ3n) is 4.40. The van der Waals surface area contributed by atoms with Gasteiger partial charge < -0.3 is 5.11 Å². The Morgan fingerprint density at radius 3 is 2.21 bits per heavy atom. The van der Waals surface area contributed by atoms with E-state index in [1.807, 2.05) is 48.5 Å². The Bertz CT molecular complexity index is 1110. The van der Waals surface area contributed by atoms with E-state index in [1.54, 1.807) is 30.3 Å². The van der Waals surface area contributed by atoms with E-state index in [0.717, 1.165) is 5.56 Å². The summed E-state index contributed by atoms with van der Waals surface area (Å²) in [7, 11) is 0. The third-order valence-corrected chi connectivity index (χ3v) is 4.40. The number of carbonyl (C=O) groups is 2. The summed E-state index contributed by atoms with van der Waals surface area (Å²) in [5.41, 5.74) is 2.01. The number of hydrogen-bond acceptors (Lipinski definition) is 5. The van der Waals surface area contributed by atoms with E-state index in [4.69, 9.17) is 0 Å². The summed E-state index contributed by atoms with van der Waals surface area (Å²) in [6.45, 7) is 0. The highest BCUT2D eigenvalue weighted by Gasteiger charge is 2.37. The lowest BCUT2D eigenvalue weighted by Gasteiger charge is -2.11. The molecule has 1 aliphatic heterocycles. The van der Waals surface area contributed by atoms with Gasteiger partial charge in [0.15, 0.2) is 6.04 Å². The first-order valence-electron chi connectivity index (χ1n) is 8.91. The maximum Gasteiger partial charge on any atom is 0.337 e. The van der Waals surface area contributed by atoms with Gasteiger partial charge in [-0.1, -0.05) is 60.7 Å². The molecule has 0 aromatic heterocycles. The molecule has 0 fully saturated rings. The molecule has 3 aromatic rings. The number of nitrogens with zero attached hydrogens (tertiary/aromatic N) is 4. The molecule has 0 radical (unpaired) electrons. The molecule has 0 bridgehead atoms. The van der Waals surface area contributed by atoms with Gasteiger partial charge in [-0.15, -0.1) is 0 Å². The lowest BCUT2D eigenvalue weighted by Crippen LogP contribution is -2.30. The summed E-state index contributed by atoms with van der Waals surface area (Å²) < 4.78 is 0. The van der Waals surface area contributed by atoms with Crippen LogP contribution in [0.4, 0.5) is 11.4 Å². The lowest BCUT2D eigenvalue weighted by atomic mass is 10.0. The lowest BCUT2D eigenvalue weighted by molar-refractivity contribution is -0.117. The molecule has 1 N–H and O–H groups in total. The summed E-state index contributed by atoms with van der Waals surface area (Å²) in [5, 5.41) is 23.4. The van der Waals surface area contributed by atoms with E-state index in [1.165, 1.54) is 11.1 Å². The predicted molar refractivity (Wildman–Crippen MR) is 109 cm³/mol. The summed E-state index contributed by atoms with van der Waals surface area (Å²) in [4.78, 5) is 24.5. The van der Waals surface area contributed by atoms with Crippen LogP contribution in [-0.4, -0.2) is 28.7 Å². The molecule has 1 unspecified atom stereocenters. The summed E-state index contributed by atoms with van der Waals surface area (Å²) >= 11 is 0. The number of benzene rings is 3. The van der Waals surface area contributed by atoms with Crippen LogP contribution in [0.3, 0.4) is 0 Å². The Morgan fingerprint density at radius 1 is 0.897 bits per heavy atom. The number of amides is 1. The maximum absolute atomic E-state index is 13.1. The highest BCUT2D eigenvalue weighted by atomic mass is 16.4. The van der Waals surface area contributed by atoms with Crippen LogP contribution in [0.25, 0.3) is 0 Å². The first-order chi connectivity index (χ1) is 14.1. The van der Waals surface area contributed by atoms with Crippen molar-refractivity contribution in [2.24, 2.45) is 15.3 Å². The molecule has 0 saturated carbocycles. The summed E-state index contributed by atoms with van der Waals surface area (Å²) in [5.74, 6) is -1.47. The second-order valence-corrected chi connectivity index (χ2v) is 6.28. The highest BCUT2D eigenvalue weighted by Crippen LogP contribution is 2.26. The number of hydrogen-bond donors (Lipinski definition) is 1. The zero-order valence-corrected chi connectivity index (χ0v) is 15.2. The number of para-hydroxylation sites is 1. The number of aromatic carboxylic acids is 1. The van der Waals surface area contributed by atoms with E-state index >= 15 is 0 Å². The monoisotopic (exact) mass is 384 g/mol. The van der Waals surface area contributed by atoms with Crippen LogP contribution in [-0.2, 0) is 4.79 Å². The van der Waals surface area contributed by atoms with Crippen LogP contribution in [0, 0.1) is 0 Å². The molecule has 1 atom stereocenters. The quantitative estimate of drug-likeness (QED) is 0.665. The van der Waals surface area contributed by atoms with Gasteiger partial charge in [-0.2, -0.15) is 20.3 Å². The average molecular weight is 384 g/mol. The van der Waals surface area contributed by atoms with Crippen molar-refractivity contribution in [2.75, 3.05) is 5.01 Å². The van der Waals surface area contributed by atoms with Gasteiger partial charge in [0.2, 0.25) is 0 Å². The van der Waals surface area contributed by atoms with E-state index in [0.29, 0.717) is 11.4 Å². The second-order valence-electron chi connectivity index (χ2n) is 6.28. The van der Waals surface area contributed by atoms with Crippen molar-refractivity contribution in [1.29, 1.82) is 0 Å². The minimum absolute atomic E-state index is 0.0137. The second kappa shape index (κ2) is 7.85. The van der Waals surface area contributed by atoms with E-state index in [-0.39, 0.29) is 17.2 Å². The molecular weight excluding hydrogens is 368 g/mol. The van der Waals surface area contributed by atoms with Crippen molar-refractivity contribution < 1.29 is 14.7 Å². The first-order valence-corrected chi connectivity index (χ1v) is 8.91. The molecule has 0 spiro atoms. The Hall–Kier alpha value is -4.13. The van der Waals surface area contributed by atoms with Gasteiger partial charge in [-0.3, -0.25) is 4.79 Å². The SMILES string of the molecule is O=C(O)c1ccccc1N=NC1C(=O)N(c2ccccc2)N=C1c1ccccc1. The van der Waals surface area contributed by atoms with Crippen LogP contribution in [0.1, 0.15) is 15.9 Å². The van der Waals surface area contributed by atoms with Gasteiger partial charge >= 0.3 is 5.97 Å². The molecule has 0 saturated heterocycles. The number of carboxylic acid groups (broad SMARTS) is 1. The fourth-order valence-corrected chi connectivity index (χ4v) is 2.99. The number of hydrazone groups is 1. The van der Waals surface area contributed by atoms with Gasteiger partial charge in [-0.05, 0) is 24.3 Å². The van der Waals surface area contributed by atoms with Crippen LogP contribution in [0.5, 0.6) is 0 Å². The van der Waals surface area contributed by atoms with Crippen LogP contribution >= 0.6 is 0 Å². The van der Waals surface area contributed by atoms with Crippen LogP contribution < -0.4 is 5.01 Å². The molecule has 0 aliphatic carbocycles. The van der Waals surface area contributed by atoms with Crippen molar-refractivity contribution in [2.45, 2.75) is 6.04 Å². The first kappa shape index (κ1) is 18.2. The average Bonchev–Trinajstić information content (AvgIpc) is 3.10. The summed E-state index contributed by atoms with van der Waals surface area (Å²) in [6, 6.07) is 23.6. The Morgan fingerprint density at radius 2 is 1.52 bits per heavy atom. The van der Waals surface area contributed by atoms with Gasteiger partial charge in [0.05, 0.1) is 16.9 Å². The topological polar surface area (TPSA) is 94.7 Å². The van der Waals surface area contributed by atoms with E-state index in [2.05, 4.69) is 15.3 Å². The zero-order chi connectivity index (χ0) is 20.2. The Kier molecular flexibility index (Phi) is 4.94. The van der Waals surface area contributed by atoms with Crippen LogP contribution in [0.15, 0.2) is 100 Å². The molecule has 1 heterocycles. The highest BCUT2D eigenvalue weighted by molar-refractivity contribution is 6.24. The van der Waals surface area contributed by atoms with E-state index in [9.17, 15) is 14.7 Å². The minimum Gasteiger partial charge on any atom is -0.478 e. The van der Waals surface area contributed by atoms with Crippen molar-refractivity contribution in [3.63, 3.8) is 0 Å². The standard InChI is InChI=1S/C22H16N4O3/c27-21-20(24-23-18-14-8-7-13-17(18)22(28)29)19(15-9-3-1-4-10-15)25-26(21)16-11-5-2-6-12-16/h1-14,20H,(H,28,29). The molecule has 1 aliphatic rings.